The van der Waals surface area contributed by atoms with E-state index in [-0.39, 0.29) is 5.41 Å². The second-order valence-electron chi connectivity index (χ2n) is 6.13. The van der Waals surface area contributed by atoms with E-state index in [4.69, 9.17) is 5.26 Å². The Bertz CT molecular complexity index is 341. The Morgan fingerprint density at radius 2 is 2.22 bits per heavy atom. The van der Waals surface area contributed by atoms with Crippen molar-refractivity contribution in [2.75, 3.05) is 13.1 Å². The Kier molecular flexibility index (Phi) is 4.27. The van der Waals surface area contributed by atoms with Crippen molar-refractivity contribution >= 4 is 5.91 Å². The summed E-state index contributed by atoms with van der Waals surface area (Å²) < 4.78 is 0. The van der Waals surface area contributed by atoms with Gasteiger partial charge in [0.2, 0.25) is 5.91 Å². The number of hydrogen-bond acceptors (Lipinski definition) is 2. The van der Waals surface area contributed by atoms with Gasteiger partial charge in [0.25, 0.3) is 0 Å². The molecule has 0 spiro atoms. The number of hydrogen-bond donors (Lipinski definition) is 0. The summed E-state index contributed by atoms with van der Waals surface area (Å²) in [6.07, 6.45) is 8.28. The molecular weight excluding hydrogens is 224 g/mol. The molecule has 1 aliphatic heterocycles. The third kappa shape index (κ3) is 3.25. The van der Waals surface area contributed by atoms with Crippen LogP contribution in [0.4, 0.5) is 0 Å². The number of nitrogens with zero attached hydrogens (tertiary/aromatic N) is 2. The molecule has 0 radical (unpaired) electrons. The van der Waals surface area contributed by atoms with Crippen molar-refractivity contribution in [3.05, 3.63) is 0 Å². The SMILES string of the molecule is CCCC1CCC(=O)N(CC2(CC#N)CC2)CC1. The van der Waals surface area contributed by atoms with E-state index < -0.39 is 0 Å². The zero-order valence-electron chi connectivity index (χ0n) is 11.5. The minimum absolute atomic E-state index is 0.162. The summed E-state index contributed by atoms with van der Waals surface area (Å²) >= 11 is 0. The van der Waals surface area contributed by atoms with Crippen LogP contribution in [0.3, 0.4) is 0 Å². The fraction of sp³-hybridized carbons (Fsp3) is 0.867. The smallest absolute Gasteiger partial charge is 0.222 e. The van der Waals surface area contributed by atoms with Crippen molar-refractivity contribution in [1.82, 2.24) is 4.90 Å². The van der Waals surface area contributed by atoms with Gasteiger partial charge in [-0.2, -0.15) is 5.26 Å². The molecule has 0 aromatic carbocycles. The van der Waals surface area contributed by atoms with Gasteiger partial charge in [-0.3, -0.25) is 4.79 Å². The van der Waals surface area contributed by atoms with Gasteiger partial charge in [-0.25, -0.2) is 0 Å². The molecule has 1 saturated carbocycles. The van der Waals surface area contributed by atoms with Gasteiger partial charge in [-0.15, -0.1) is 0 Å². The molecule has 1 saturated heterocycles. The van der Waals surface area contributed by atoms with E-state index >= 15 is 0 Å². The van der Waals surface area contributed by atoms with Crippen molar-refractivity contribution in [3.8, 4) is 6.07 Å². The zero-order valence-corrected chi connectivity index (χ0v) is 11.5. The maximum Gasteiger partial charge on any atom is 0.222 e. The van der Waals surface area contributed by atoms with E-state index in [0.717, 1.165) is 44.7 Å². The molecule has 1 heterocycles. The number of nitriles is 1. The predicted molar refractivity (Wildman–Crippen MR) is 70.7 cm³/mol. The van der Waals surface area contributed by atoms with Crippen LogP contribution in [0.15, 0.2) is 0 Å². The number of carbonyl (C=O) groups is 1. The first-order valence-electron chi connectivity index (χ1n) is 7.34. The van der Waals surface area contributed by atoms with E-state index in [0.29, 0.717) is 18.7 Å². The monoisotopic (exact) mass is 248 g/mol. The molecule has 1 aliphatic carbocycles. The third-order valence-corrected chi connectivity index (χ3v) is 4.56. The van der Waals surface area contributed by atoms with Crippen LogP contribution >= 0.6 is 0 Å². The minimum atomic E-state index is 0.162. The summed E-state index contributed by atoms with van der Waals surface area (Å²) in [4.78, 5) is 14.2. The predicted octanol–water partition coefficient (Wildman–Crippen LogP) is 3.11. The largest absolute Gasteiger partial charge is 0.342 e. The summed E-state index contributed by atoms with van der Waals surface area (Å²) in [5.41, 5.74) is 0.162. The van der Waals surface area contributed by atoms with Gasteiger partial charge in [0.1, 0.15) is 0 Å². The van der Waals surface area contributed by atoms with Gasteiger partial charge in [0, 0.05) is 31.3 Å². The van der Waals surface area contributed by atoms with Crippen molar-refractivity contribution in [3.63, 3.8) is 0 Å². The molecule has 2 fully saturated rings. The van der Waals surface area contributed by atoms with E-state index in [1.807, 2.05) is 4.90 Å². The van der Waals surface area contributed by atoms with Gasteiger partial charge >= 0.3 is 0 Å². The molecule has 18 heavy (non-hydrogen) atoms. The number of carbonyl (C=O) groups excluding carboxylic acids is 1. The molecular formula is C15H24N2O. The summed E-state index contributed by atoms with van der Waals surface area (Å²) in [6.45, 7) is 3.96. The van der Waals surface area contributed by atoms with Gasteiger partial charge in [-0.05, 0) is 31.6 Å². The maximum atomic E-state index is 12.1. The average Bonchev–Trinajstić information content (AvgIpc) is 3.12. The Morgan fingerprint density at radius 1 is 1.44 bits per heavy atom. The summed E-state index contributed by atoms with van der Waals surface area (Å²) in [7, 11) is 0. The first-order chi connectivity index (χ1) is 8.69. The van der Waals surface area contributed by atoms with Crippen LogP contribution in [0, 0.1) is 22.7 Å². The highest BCUT2D eigenvalue weighted by molar-refractivity contribution is 5.76. The van der Waals surface area contributed by atoms with Gasteiger partial charge in [0.05, 0.1) is 6.07 Å². The van der Waals surface area contributed by atoms with Gasteiger partial charge < -0.3 is 4.90 Å². The molecule has 0 aromatic heterocycles. The third-order valence-electron chi connectivity index (χ3n) is 4.56. The summed E-state index contributed by atoms with van der Waals surface area (Å²) in [5.74, 6) is 1.05. The molecule has 1 atom stereocenters. The van der Waals surface area contributed by atoms with Crippen molar-refractivity contribution < 1.29 is 4.79 Å². The van der Waals surface area contributed by atoms with Crippen LogP contribution in [0.5, 0.6) is 0 Å². The number of likely N-dealkylation sites (tertiary alicyclic amines) is 1. The van der Waals surface area contributed by atoms with Crippen LogP contribution in [0.25, 0.3) is 0 Å². The first-order valence-corrected chi connectivity index (χ1v) is 7.34. The fourth-order valence-corrected chi connectivity index (χ4v) is 3.10. The lowest BCUT2D eigenvalue weighted by Crippen LogP contribution is -2.35. The van der Waals surface area contributed by atoms with Gasteiger partial charge in [-0.1, -0.05) is 19.8 Å². The second kappa shape index (κ2) is 5.73. The van der Waals surface area contributed by atoms with Gasteiger partial charge in [0.15, 0.2) is 0 Å². The lowest BCUT2D eigenvalue weighted by molar-refractivity contribution is -0.131. The quantitative estimate of drug-likeness (QED) is 0.750. The van der Waals surface area contributed by atoms with E-state index in [1.165, 1.54) is 12.8 Å². The number of rotatable bonds is 5. The molecule has 2 rings (SSSR count). The fourth-order valence-electron chi connectivity index (χ4n) is 3.10. The van der Waals surface area contributed by atoms with Crippen molar-refractivity contribution in [2.45, 2.75) is 58.3 Å². The van der Waals surface area contributed by atoms with Crippen LogP contribution < -0.4 is 0 Å². The topological polar surface area (TPSA) is 44.1 Å². The number of amides is 1. The van der Waals surface area contributed by atoms with E-state index in [2.05, 4.69) is 13.0 Å². The molecule has 0 aromatic rings. The standard InChI is InChI=1S/C15H24N2O/c1-2-3-13-4-5-14(18)17(11-6-13)12-15(7-8-15)9-10-16/h13H,2-9,11-12H2,1H3. The molecule has 0 N–H and O–H groups in total. The molecule has 1 unspecified atom stereocenters. The highest BCUT2D eigenvalue weighted by Gasteiger charge is 2.44. The van der Waals surface area contributed by atoms with Crippen LogP contribution in [0.2, 0.25) is 0 Å². The van der Waals surface area contributed by atoms with Crippen LogP contribution in [0.1, 0.15) is 58.3 Å². The Labute approximate surface area is 110 Å². The normalized spacial score (nSPS) is 26.6. The average molecular weight is 248 g/mol. The summed E-state index contributed by atoms with van der Waals surface area (Å²) in [6, 6.07) is 2.28. The lowest BCUT2D eigenvalue weighted by atomic mass is 9.96. The molecule has 3 heteroatoms. The van der Waals surface area contributed by atoms with Crippen LogP contribution in [-0.2, 0) is 4.79 Å². The van der Waals surface area contributed by atoms with E-state index in [1.54, 1.807) is 0 Å². The van der Waals surface area contributed by atoms with Crippen molar-refractivity contribution in [1.29, 1.82) is 5.26 Å². The maximum absolute atomic E-state index is 12.1. The molecule has 2 aliphatic rings. The lowest BCUT2D eigenvalue weighted by Gasteiger charge is -2.25. The highest BCUT2D eigenvalue weighted by Crippen LogP contribution is 2.49. The minimum Gasteiger partial charge on any atom is -0.342 e. The summed E-state index contributed by atoms with van der Waals surface area (Å²) in [5, 5.41) is 8.85. The Hall–Kier alpha value is -1.04. The molecule has 100 valence electrons. The molecule has 1 amide bonds. The van der Waals surface area contributed by atoms with Crippen LogP contribution in [-0.4, -0.2) is 23.9 Å². The highest BCUT2D eigenvalue weighted by atomic mass is 16.2. The molecule has 3 nitrogen and oxygen atoms in total. The Balaban J connectivity index is 1.89. The van der Waals surface area contributed by atoms with Crippen molar-refractivity contribution in [2.24, 2.45) is 11.3 Å². The second-order valence-corrected chi connectivity index (χ2v) is 6.13. The van der Waals surface area contributed by atoms with E-state index in [9.17, 15) is 4.79 Å². The zero-order chi connectivity index (χ0) is 13.0. The Morgan fingerprint density at radius 3 is 2.83 bits per heavy atom. The molecule has 0 bridgehead atoms. The first kappa shape index (κ1) is 13.4.